The molecule has 44 heavy (non-hydrogen) atoms. The molecule has 0 saturated heterocycles. The molecule has 0 spiro atoms. The number of para-hydroxylation sites is 3. The van der Waals surface area contributed by atoms with Crippen molar-refractivity contribution < 1.29 is 0 Å². The second-order valence-electron chi connectivity index (χ2n) is 11.5. The average molecular weight is 561 g/mol. The summed E-state index contributed by atoms with van der Waals surface area (Å²) in [5, 5.41) is 8.22. The molecule has 8 bridgehead atoms. The Labute approximate surface area is 251 Å². The molecule has 0 fully saturated rings. The largest absolute Gasteiger partial charge is 0.353 e. The molecule has 0 aliphatic carbocycles. The summed E-state index contributed by atoms with van der Waals surface area (Å²) < 4.78 is 2.32. The van der Waals surface area contributed by atoms with Crippen molar-refractivity contribution in [2.45, 2.75) is 0 Å². The van der Waals surface area contributed by atoms with E-state index in [4.69, 9.17) is 9.97 Å². The molecule has 10 rings (SSSR count). The van der Waals surface area contributed by atoms with Crippen molar-refractivity contribution in [3.63, 3.8) is 0 Å². The number of fused-ring (bicyclic) bond motifs is 13. The maximum atomic E-state index is 5.34. The van der Waals surface area contributed by atoms with Crippen LogP contribution in [0.15, 0.2) is 140 Å². The first-order chi connectivity index (χ1) is 21.8. The Kier molecular flexibility index (Phi) is 4.69. The van der Waals surface area contributed by atoms with Crippen molar-refractivity contribution in [2.24, 2.45) is 0 Å². The van der Waals surface area contributed by atoms with Crippen LogP contribution < -0.4 is 0 Å². The molecule has 5 heterocycles. The normalized spacial score (nSPS) is 12.1. The second-order valence-corrected chi connectivity index (χ2v) is 11.5. The molecule has 0 radical (unpaired) electrons. The Morgan fingerprint density at radius 1 is 0.409 bits per heavy atom. The lowest BCUT2D eigenvalue weighted by Crippen LogP contribution is -1.91. The molecule has 5 aromatic heterocycles. The Morgan fingerprint density at radius 2 is 1.09 bits per heavy atom. The molecule has 0 atom stereocenters. The summed E-state index contributed by atoms with van der Waals surface area (Å²) in [6.07, 6.45) is 0. The molecule has 4 heteroatoms. The number of rotatable bonds is 1. The lowest BCUT2D eigenvalue weighted by atomic mass is 10.1. The number of nitrogens with one attached hydrogen (secondary N) is 1. The van der Waals surface area contributed by atoms with Crippen LogP contribution in [0.3, 0.4) is 0 Å². The molecule has 0 aliphatic rings. The van der Waals surface area contributed by atoms with Crippen LogP contribution in [-0.4, -0.2) is 19.4 Å². The summed E-state index contributed by atoms with van der Waals surface area (Å²) in [5.41, 5.74) is 10.2. The molecule has 10 aromatic rings. The Morgan fingerprint density at radius 3 is 1.98 bits per heavy atom. The van der Waals surface area contributed by atoms with Crippen molar-refractivity contribution in [3.05, 3.63) is 140 Å². The Bertz CT molecular complexity index is 2820. The second kappa shape index (κ2) is 8.76. The zero-order chi connectivity index (χ0) is 28.8. The highest BCUT2D eigenvalue weighted by Gasteiger charge is 2.14. The SMILES string of the molecule is c1ccc(-c2cc3nc(c2)n2c4ccccc4c4ccc(cc42)c2cccc4c5cccc(c6cccc3n6)c5[nH]c24)cc1. The zero-order valence-corrected chi connectivity index (χ0v) is 23.6. The van der Waals surface area contributed by atoms with E-state index < -0.39 is 0 Å². The highest BCUT2D eigenvalue weighted by atomic mass is 15.0. The summed E-state index contributed by atoms with van der Waals surface area (Å²) in [6.45, 7) is 0. The third-order valence-corrected chi connectivity index (χ3v) is 9.09. The van der Waals surface area contributed by atoms with Gasteiger partial charge in [0.2, 0.25) is 0 Å². The van der Waals surface area contributed by atoms with Crippen molar-refractivity contribution in [3.8, 4) is 11.1 Å². The molecule has 0 unspecified atom stereocenters. The lowest BCUT2D eigenvalue weighted by molar-refractivity contribution is 1.26. The van der Waals surface area contributed by atoms with Gasteiger partial charge in [-0.05, 0) is 52.9 Å². The van der Waals surface area contributed by atoms with Crippen LogP contribution in [0.25, 0.3) is 93.1 Å². The van der Waals surface area contributed by atoms with Crippen LogP contribution in [0.5, 0.6) is 0 Å². The molecule has 204 valence electrons. The molecular weight excluding hydrogens is 536 g/mol. The van der Waals surface area contributed by atoms with E-state index in [0.717, 1.165) is 66.2 Å². The summed E-state index contributed by atoms with van der Waals surface area (Å²) in [5.74, 6) is 0. The monoisotopic (exact) mass is 560 g/mol. The fourth-order valence-electron chi connectivity index (χ4n) is 7.07. The highest BCUT2D eigenvalue weighted by molar-refractivity contribution is 6.21. The molecule has 0 saturated carbocycles. The van der Waals surface area contributed by atoms with Gasteiger partial charge in [-0.15, -0.1) is 0 Å². The van der Waals surface area contributed by atoms with E-state index in [1.165, 1.54) is 26.9 Å². The van der Waals surface area contributed by atoms with Crippen LogP contribution in [0.4, 0.5) is 0 Å². The van der Waals surface area contributed by atoms with Gasteiger partial charge in [-0.3, -0.25) is 4.40 Å². The highest BCUT2D eigenvalue weighted by Crippen LogP contribution is 2.36. The van der Waals surface area contributed by atoms with Crippen LogP contribution in [0.2, 0.25) is 0 Å². The Hall–Kier alpha value is -6.00. The first-order valence-electron chi connectivity index (χ1n) is 14.9. The quantitative estimate of drug-likeness (QED) is 0.217. The van der Waals surface area contributed by atoms with Crippen LogP contribution in [0, 0.1) is 0 Å². The van der Waals surface area contributed by atoms with Crippen LogP contribution in [0.1, 0.15) is 0 Å². The predicted octanol–water partition coefficient (Wildman–Crippen LogP) is 10.4. The standard InChI is InChI=1S/C40H24N4/c1-2-9-24(10-3-1)26-21-35-34-17-8-16-33(41-34)32-15-7-14-31-30-13-6-12-27(39(30)43-40(31)32)25-19-20-29-28-11-4-5-18-36(28)44(37(29)22-25)38(23-26)42-35/h1-23,43H. The molecular formula is C40H24N4. The minimum atomic E-state index is 0.838. The third-order valence-electron chi connectivity index (χ3n) is 9.09. The molecule has 0 aliphatic heterocycles. The van der Waals surface area contributed by atoms with Gasteiger partial charge in [0, 0.05) is 32.3 Å². The molecule has 5 aromatic carbocycles. The molecule has 1 N–H and O–H groups in total. The smallest absolute Gasteiger partial charge is 0.138 e. The zero-order valence-electron chi connectivity index (χ0n) is 23.6. The maximum Gasteiger partial charge on any atom is 0.138 e. The van der Waals surface area contributed by atoms with Gasteiger partial charge in [-0.1, -0.05) is 103 Å². The van der Waals surface area contributed by atoms with E-state index in [-0.39, 0.29) is 0 Å². The van der Waals surface area contributed by atoms with Crippen molar-refractivity contribution in [2.75, 3.05) is 0 Å². The van der Waals surface area contributed by atoms with E-state index in [2.05, 4.69) is 149 Å². The molecule has 4 nitrogen and oxygen atoms in total. The summed E-state index contributed by atoms with van der Waals surface area (Å²) in [4.78, 5) is 14.4. The lowest BCUT2D eigenvalue weighted by Gasteiger charge is -2.06. The van der Waals surface area contributed by atoms with Gasteiger partial charge in [0.05, 0.1) is 38.6 Å². The number of aromatic amines is 1. The van der Waals surface area contributed by atoms with Crippen LogP contribution >= 0.6 is 0 Å². The number of H-pyrrole nitrogens is 1. The summed E-state index contributed by atoms with van der Waals surface area (Å²) in [7, 11) is 0. The fraction of sp³-hybridized carbons (Fsp3) is 0. The van der Waals surface area contributed by atoms with Gasteiger partial charge < -0.3 is 4.98 Å². The van der Waals surface area contributed by atoms with E-state index >= 15 is 0 Å². The fourth-order valence-corrected chi connectivity index (χ4v) is 7.07. The predicted molar refractivity (Wildman–Crippen MR) is 184 cm³/mol. The Balaban J connectivity index is 1.54. The van der Waals surface area contributed by atoms with E-state index in [9.17, 15) is 0 Å². The van der Waals surface area contributed by atoms with Gasteiger partial charge in [0.25, 0.3) is 0 Å². The van der Waals surface area contributed by atoms with Gasteiger partial charge in [0.1, 0.15) is 5.65 Å². The van der Waals surface area contributed by atoms with Gasteiger partial charge in [-0.25, -0.2) is 9.97 Å². The van der Waals surface area contributed by atoms with E-state index in [0.29, 0.717) is 0 Å². The minimum absolute atomic E-state index is 0.838. The van der Waals surface area contributed by atoms with Gasteiger partial charge >= 0.3 is 0 Å². The van der Waals surface area contributed by atoms with Crippen molar-refractivity contribution in [1.29, 1.82) is 0 Å². The van der Waals surface area contributed by atoms with Gasteiger partial charge in [0.15, 0.2) is 0 Å². The number of pyridine rings is 2. The van der Waals surface area contributed by atoms with E-state index in [1.807, 2.05) is 0 Å². The minimum Gasteiger partial charge on any atom is -0.353 e. The maximum absolute atomic E-state index is 5.34. The summed E-state index contributed by atoms with van der Waals surface area (Å²) >= 11 is 0. The van der Waals surface area contributed by atoms with Crippen molar-refractivity contribution >= 4 is 82.0 Å². The number of hydrogen-bond donors (Lipinski definition) is 1. The van der Waals surface area contributed by atoms with Gasteiger partial charge in [-0.2, -0.15) is 0 Å². The van der Waals surface area contributed by atoms with Crippen molar-refractivity contribution in [1.82, 2.24) is 19.4 Å². The topological polar surface area (TPSA) is 46.0 Å². The average Bonchev–Trinajstić information content (AvgIpc) is 3.64. The number of benzene rings is 5. The number of nitrogens with zero attached hydrogens (tertiary/aromatic N) is 3. The summed E-state index contributed by atoms with van der Waals surface area (Å²) in [6, 6.07) is 49.7. The first-order valence-corrected chi connectivity index (χ1v) is 14.9. The number of aromatic nitrogens is 4. The third kappa shape index (κ3) is 3.28. The van der Waals surface area contributed by atoms with Crippen LogP contribution in [-0.2, 0) is 0 Å². The number of hydrogen-bond acceptors (Lipinski definition) is 2. The molecule has 0 amide bonds. The first kappa shape index (κ1) is 23.6. The van der Waals surface area contributed by atoms with E-state index in [1.54, 1.807) is 0 Å².